The molecule has 0 saturated carbocycles. The van der Waals surface area contributed by atoms with Gasteiger partial charge in [0.05, 0.1) is 23.6 Å². The van der Waals surface area contributed by atoms with Gasteiger partial charge < -0.3 is 10.2 Å². The topological polar surface area (TPSA) is 28.2 Å². The van der Waals surface area contributed by atoms with Crippen LogP contribution < -0.4 is 10.2 Å². The molecule has 0 amide bonds. The number of nitrogens with one attached hydrogen (secondary N) is 1. The van der Waals surface area contributed by atoms with Crippen molar-refractivity contribution in [2.24, 2.45) is 0 Å². The molecule has 3 heteroatoms. The molecule has 3 rings (SSSR count). The maximum absolute atomic E-state index is 4.51. The lowest BCUT2D eigenvalue weighted by Crippen LogP contribution is -2.24. The van der Waals surface area contributed by atoms with E-state index in [0.29, 0.717) is 0 Å². The number of benzene rings is 1. The summed E-state index contributed by atoms with van der Waals surface area (Å²) in [7, 11) is 0. The highest BCUT2D eigenvalue weighted by Crippen LogP contribution is 2.29. The standard InChI is InChI=1S/C16H19N3/c1-13-6-4-9-18-15(13)12-19-11-5-10-17-14-7-2-3-8-16(14)19/h2-4,6-9,17H,5,10-12H2,1H3. The van der Waals surface area contributed by atoms with E-state index in [2.05, 4.69) is 52.5 Å². The molecule has 1 aromatic carbocycles. The number of anilines is 2. The van der Waals surface area contributed by atoms with E-state index in [1.807, 2.05) is 12.3 Å². The first-order valence-corrected chi connectivity index (χ1v) is 6.83. The van der Waals surface area contributed by atoms with Crippen molar-refractivity contribution < 1.29 is 0 Å². The Morgan fingerprint density at radius 3 is 3.00 bits per heavy atom. The zero-order valence-electron chi connectivity index (χ0n) is 11.3. The first kappa shape index (κ1) is 12.0. The third-order valence-corrected chi connectivity index (χ3v) is 3.62. The second kappa shape index (κ2) is 5.31. The Labute approximate surface area is 114 Å². The Morgan fingerprint density at radius 2 is 2.11 bits per heavy atom. The third kappa shape index (κ3) is 2.55. The van der Waals surface area contributed by atoms with Gasteiger partial charge in [0.25, 0.3) is 0 Å². The quantitative estimate of drug-likeness (QED) is 0.890. The van der Waals surface area contributed by atoms with Crippen LogP contribution in [0.3, 0.4) is 0 Å². The molecule has 0 fully saturated rings. The lowest BCUT2D eigenvalue weighted by atomic mass is 10.2. The zero-order valence-corrected chi connectivity index (χ0v) is 11.3. The Morgan fingerprint density at radius 1 is 1.21 bits per heavy atom. The van der Waals surface area contributed by atoms with Gasteiger partial charge in [0.2, 0.25) is 0 Å². The zero-order chi connectivity index (χ0) is 13.1. The van der Waals surface area contributed by atoms with E-state index >= 15 is 0 Å². The largest absolute Gasteiger partial charge is 0.383 e. The number of aryl methyl sites for hydroxylation is 1. The molecule has 0 aliphatic carbocycles. The fraction of sp³-hybridized carbons (Fsp3) is 0.312. The van der Waals surface area contributed by atoms with Crippen molar-refractivity contribution in [2.45, 2.75) is 19.9 Å². The first-order valence-electron chi connectivity index (χ1n) is 6.83. The molecule has 98 valence electrons. The van der Waals surface area contributed by atoms with Crippen LogP contribution in [0.4, 0.5) is 11.4 Å². The van der Waals surface area contributed by atoms with Crippen molar-refractivity contribution >= 4 is 11.4 Å². The number of hydrogen-bond donors (Lipinski definition) is 1. The minimum absolute atomic E-state index is 0.880. The molecule has 0 saturated heterocycles. The summed E-state index contributed by atoms with van der Waals surface area (Å²) in [6, 6.07) is 12.7. The van der Waals surface area contributed by atoms with E-state index in [1.165, 1.54) is 22.6 Å². The van der Waals surface area contributed by atoms with Crippen LogP contribution in [0, 0.1) is 6.92 Å². The van der Waals surface area contributed by atoms with E-state index < -0.39 is 0 Å². The van der Waals surface area contributed by atoms with Crippen molar-refractivity contribution in [3.05, 3.63) is 53.9 Å². The molecule has 0 bridgehead atoms. The van der Waals surface area contributed by atoms with Crippen molar-refractivity contribution in [3.8, 4) is 0 Å². The number of para-hydroxylation sites is 2. The summed E-state index contributed by atoms with van der Waals surface area (Å²) in [6.07, 6.45) is 3.03. The van der Waals surface area contributed by atoms with Crippen molar-refractivity contribution in [2.75, 3.05) is 23.3 Å². The SMILES string of the molecule is Cc1cccnc1CN1CCCNc2ccccc21. The molecule has 2 aromatic rings. The summed E-state index contributed by atoms with van der Waals surface area (Å²) in [5.74, 6) is 0. The fourth-order valence-electron chi connectivity index (χ4n) is 2.54. The number of hydrogen-bond acceptors (Lipinski definition) is 3. The highest BCUT2D eigenvalue weighted by atomic mass is 15.2. The number of fused-ring (bicyclic) bond motifs is 1. The molecular weight excluding hydrogens is 234 g/mol. The molecule has 0 spiro atoms. The molecule has 1 aliphatic heterocycles. The second-order valence-electron chi connectivity index (χ2n) is 4.99. The molecule has 1 aliphatic rings. The molecule has 1 N–H and O–H groups in total. The van der Waals surface area contributed by atoms with Gasteiger partial charge in [-0.1, -0.05) is 18.2 Å². The molecule has 0 unspecified atom stereocenters. The highest BCUT2D eigenvalue weighted by molar-refractivity contribution is 5.70. The van der Waals surface area contributed by atoms with Crippen LogP contribution in [0.2, 0.25) is 0 Å². The molecular formula is C16H19N3. The third-order valence-electron chi connectivity index (χ3n) is 3.62. The van der Waals surface area contributed by atoms with Gasteiger partial charge in [0, 0.05) is 19.3 Å². The van der Waals surface area contributed by atoms with E-state index in [1.54, 1.807) is 0 Å². The maximum atomic E-state index is 4.51. The van der Waals surface area contributed by atoms with Gasteiger partial charge in [-0.05, 0) is 37.1 Å². The Kier molecular flexibility index (Phi) is 3.36. The van der Waals surface area contributed by atoms with Crippen LogP contribution in [0.1, 0.15) is 17.7 Å². The lowest BCUT2D eigenvalue weighted by Gasteiger charge is -2.24. The number of nitrogens with zero attached hydrogens (tertiary/aromatic N) is 2. The predicted molar refractivity (Wildman–Crippen MR) is 79.6 cm³/mol. The summed E-state index contributed by atoms with van der Waals surface area (Å²) in [5.41, 5.74) is 4.94. The van der Waals surface area contributed by atoms with Gasteiger partial charge in [-0.2, -0.15) is 0 Å². The van der Waals surface area contributed by atoms with Crippen LogP contribution >= 0.6 is 0 Å². The van der Waals surface area contributed by atoms with Crippen LogP contribution in [-0.2, 0) is 6.54 Å². The molecule has 19 heavy (non-hydrogen) atoms. The number of aromatic nitrogens is 1. The van der Waals surface area contributed by atoms with Gasteiger partial charge in [0.1, 0.15) is 0 Å². The summed E-state index contributed by atoms with van der Waals surface area (Å²) in [5, 5.41) is 3.49. The van der Waals surface area contributed by atoms with E-state index in [4.69, 9.17) is 0 Å². The van der Waals surface area contributed by atoms with Gasteiger partial charge in [0.15, 0.2) is 0 Å². The average Bonchev–Trinajstić information content (AvgIpc) is 2.64. The Balaban J connectivity index is 1.91. The van der Waals surface area contributed by atoms with Gasteiger partial charge in [-0.3, -0.25) is 4.98 Å². The Hall–Kier alpha value is -2.03. The smallest absolute Gasteiger partial charge is 0.0626 e. The minimum atomic E-state index is 0.880. The summed E-state index contributed by atoms with van der Waals surface area (Å²) in [4.78, 5) is 6.94. The maximum Gasteiger partial charge on any atom is 0.0626 e. The summed E-state index contributed by atoms with van der Waals surface area (Å²) < 4.78 is 0. The lowest BCUT2D eigenvalue weighted by molar-refractivity contribution is 0.748. The van der Waals surface area contributed by atoms with Crippen molar-refractivity contribution in [1.82, 2.24) is 4.98 Å². The first-order chi connectivity index (χ1) is 9.34. The molecule has 2 heterocycles. The normalized spacial score (nSPS) is 14.5. The van der Waals surface area contributed by atoms with Crippen molar-refractivity contribution in [1.29, 1.82) is 0 Å². The van der Waals surface area contributed by atoms with Crippen LogP contribution in [-0.4, -0.2) is 18.1 Å². The second-order valence-corrected chi connectivity index (χ2v) is 4.99. The summed E-state index contributed by atoms with van der Waals surface area (Å²) >= 11 is 0. The van der Waals surface area contributed by atoms with Crippen LogP contribution in [0.5, 0.6) is 0 Å². The van der Waals surface area contributed by atoms with Gasteiger partial charge in [-0.15, -0.1) is 0 Å². The molecule has 0 radical (unpaired) electrons. The number of rotatable bonds is 2. The van der Waals surface area contributed by atoms with E-state index in [9.17, 15) is 0 Å². The van der Waals surface area contributed by atoms with Crippen LogP contribution in [0.15, 0.2) is 42.6 Å². The fourth-order valence-corrected chi connectivity index (χ4v) is 2.54. The van der Waals surface area contributed by atoms with Gasteiger partial charge in [-0.25, -0.2) is 0 Å². The Bertz CT molecular complexity index is 565. The highest BCUT2D eigenvalue weighted by Gasteiger charge is 2.15. The van der Waals surface area contributed by atoms with Crippen molar-refractivity contribution in [3.63, 3.8) is 0 Å². The van der Waals surface area contributed by atoms with E-state index in [0.717, 1.165) is 26.1 Å². The monoisotopic (exact) mass is 253 g/mol. The molecule has 3 nitrogen and oxygen atoms in total. The van der Waals surface area contributed by atoms with Gasteiger partial charge >= 0.3 is 0 Å². The predicted octanol–water partition coefficient (Wildman–Crippen LogP) is 3.21. The van der Waals surface area contributed by atoms with Crippen LogP contribution in [0.25, 0.3) is 0 Å². The summed E-state index contributed by atoms with van der Waals surface area (Å²) in [6.45, 7) is 5.12. The average molecular weight is 253 g/mol. The number of pyridine rings is 1. The molecule has 1 aromatic heterocycles. The molecule has 0 atom stereocenters. The van der Waals surface area contributed by atoms with E-state index in [-0.39, 0.29) is 0 Å². The minimum Gasteiger partial charge on any atom is -0.383 e.